The van der Waals surface area contributed by atoms with Gasteiger partial charge in [-0.05, 0) is 74.5 Å². The van der Waals surface area contributed by atoms with Crippen LogP contribution in [-0.4, -0.2) is 24.6 Å². The molecule has 0 aliphatic rings. The quantitative estimate of drug-likeness (QED) is 0.503. The maximum Gasteiger partial charge on any atom is 0.375 e. The first kappa shape index (κ1) is 21.9. The molecule has 1 N–H and O–H groups in total. The number of anilines is 1. The average molecular weight is 427 g/mol. The number of esters is 1. The summed E-state index contributed by atoms with van der Waals surface area (Å²) in [6.45, 7) is 3.94. The van der Waals surface area contributed by atoms with Crippen LogP contribution in [0.1, 0.15) is 30.2 Å². The van der Waals surface area contributed by atoms with E-state index in [9.17, 15) is 14.0 Å². The molecule has 1 amide bonds. The molecule has 0 spiro atoms. The minimum Gasteiger partial charge on any atom is -0.494 e. The third-order valence-corrected chi connectivity index (χ3v) is 4.14. The number of carbonyl (C=O) groups excluding carboxylic acids is 2. The lowest BCUT2D eigenvalue weighted by molar-refractivity contribution is -0.123. The summed E-state index contributed by atoms with van der Waals surface area (Å²) in [5, 5.41) is 2.67. The molecular weight excluding hydrogens is 405 g/mol. The van der Waals surface area contributed by atoms with Crippen molar-refractivity contribution in [3.63, 3.8) is 0 Å². The fourth-order valence-corrected chi connectivity index (χ4v) is 2.57. The number of carbonyl (C=O) groups is 2. The van der Waals surface area contributed by atoms with Crippen LogP contribution in [0.3, 0.4) is 0 Å². The van der Waals surface area contributed by atoms with Gasteiger partial charge in [-0.25, -0.2) is 9.18 Å². The highest BCUT2D eigenvalue weighted by molar-refractivity contribution is 5.96. The van der Waals surface area contributed by atoms with Gasteiger partial charge in [0.15, 0.2) is 6.10 Å². The second kappa shape index (κ2) is 10.3. The van der Waals surface area contributed by atoms with Crippen molar-refractivity contribution in [2.24, 2.45) is 0 Å². The summed E-state index contributed by atoms with van der Waals surface area (Å²) in [7, 11) is 0. The van der Waals surface area contributed by atoms with E-state index in [-0.39, 0.29) is 18.2 Å². The number of hydrogen-bond acceptors (Lipinski definition) is 6. The third-order valence-electron chi connectivity index (χ3n) is 4.14. The topological polar surface area (TPSA) is 87.0 Å². The Morgan fingerprint density at radius 2 is 1.61 bits per heavy atom. The Bertz CT molecular complexity index is 1010. The third kappa shape index (κ3) is 6.33. The molecule has 0 fully saturated rings. The van der Waals surface area contributed by atoms with Crippen molar-refractivity contribution in [1.29, 1.82) is 0 Å². The summed E-state index contributed by atoms with van der Waals surface area (Å²) in [6, 6.07) is 15.4. The molecule has 1 atom stereocenters. The first-order valence-electron chi connectivity index (χ1n) is 9.66. The summed E-state index contributed by atoms with van der Waals surface area (Å²) < 4.78 is 34.3. The Morgan fingerprint density at radius 1 is 0.968 bits per heavy atom. The molecule has 1 aromatic heterocycles. The Labute approximate surface area is 178 Å². The zero-order chi connectivity index (χ0) is 22.2. The van der Waals surface area contributed by atoms with Crippen molar-refractivity contribution in [3.8, 4) is 11.5 Å². The number of benzene rings is 2. The smallest absolute Gasteiger partial charge is 0.375 e. The zero-order valence-corrected chi connectivity index (χ0v) is 17.1. The Balaban J connectivity index is 1.49. The number of amides is 1. The van der Waals surface area contributed by atoms with Gasteiger partial charge < -0.3 is 23.9 Å². The molecule has 0 saturated heterocycles. The van der Waals surface area contributed by atoms with E-state index >= 15 is 0 Å². The normalized spacial score (nSPS) is 11.5. The summed E-state index contributed by atoms with van der Waals surface area (Å²) in [5.74, 6) is -0.151. The van der Waals surface area contributed by atoms with Crippen molar-refractivity contribution in [2.75, 3.05) is 11.9 Å². The predicted octanol–water partition coefficient (Wildman–Crippen LogP) is 4.58. The summed E-state index contributed by atoms with van der Waals surface area (Å²) in [6.07, 6.45) is -1.04. The van der Waals surface area contributed by atoms with Gasteiger partial charge in [-0.3, -0.25) is 4.79 Å². The fraction of sp³-hybridized carbons (Fsp3) is 0.217. The molecule has 0 aliphatic heterocycles. The van der Waals surface area contributed by atoms with Crippen LogP contribution >= 0.6 is 0 Å². The van der Waals surface area contributed by atoms with Gasteiger partial charge in [-0.15, -0.1) is 0 Å². The van der Waals surface area contributed by atoms with Gasteiger partial charge in [0.25, 0.3) is 5.91 Å². The molecular formula is C23H22FNO6. The van der Waals surface area contributed by atoms with Gasteiger partial charge >= 0.3 is 5.97 Å². The fourth-order valence-electron chi connectivity index (χ4n) is 2.57. The molecule has 0 bridgehead atoms. The van der Waals surface area contributed by atoms with Crippen molar-refractivity contribution < 1.29 is 32.6 Å². The highest BCUT2D eigenvalue weighted by Crippen LogP contribution is 2.18. The highest BCUT2D eigenvalue weighted by atomic mass is 19.1. The Hall–Kier alpha value is -3.81. The monoisotopic (exact) mass is 427 g/mol. The van der Waals surface area contributed by atoms with E-state index < -0.39 is 18.0 Å². The molecule has 31 heavy (non-hydrogen) atoms. The van der Waals surface area contributed by atoms with Crippen LogP contribution in [-0.2, 0) is 16.1 Å². The van der Waals surface area contributed by atoms with Gasteiger partial charge in [0.05, 0.1) is 6.61 Å². The number of rotatable bonds is 9. The molecule has 0 radical (unpaired) electrons. The van der Waals surface area contributed by atoms with Crippen LogP contribution in [0.2, 0.25) is 0 Å². The van der Waals surface area contributed by atoms with Gasteiger partial charge in [0.1, 0.15) is 29.7 Å². The maximum atomic E-state index is 12.9. The molecule has 3 aromatic rings. The predicted molar refractivity (Wildman–Crippen MR) is 111 cm³/mol. The van der Waals surface area contributed by atoms with Crippen molar-refractivity contribution in [2.45, 2.75) is 26.6 Å². The largest absolute Gasteiger partial charge is 0.494 e. The van der Waals surface area contributed by atoms with Crippen LogP contribution < -0.4 is 14.8 Å². The van der Waals surface area contributed by atoms with E-state index in [1.807, 2.05) is 6.92 Å². The lowest BCUT2D eigenvalue weighted by atomic mass is 10.3. The van der Waals surface area contributed by atoms with Crippen LogP contribution in [0.15, 0.2) is 65.1 Å². The van der Waals surface area contributed by atoms with Gasteiger partial charge in [-0.1, -0.05) is 0 Å². The molecule has 7 nitrogen and oxygen atoms in total. The highest BCUT2D eigenvalue weighted by Gasteiger charge is 2.21. The summed E-state index contributed by atoms with van der Waals surface area (Å²) in [5.41, 5.74) is 0.551. The second-order valence-corrected chi connectivity index (χ2v) is 6.50. The standard InChI is InChI=1S/C23H22FNO6/c1-3-28-18-10-6-17(7-11-18)25-22(26)15(2)30-23(27)21-13-12-20(31-21)14-29-19-8-4-16(24)5-9-19/h4-13,15H,3,14H2,1-2H3,(H,25,26). The van der Waals surface area contributed by atoms with Crippen molar-refractivity contribution >= 4 is 17.6 Å². The van der Waals surface area contributed by atoms with E-state index in [1.54, 1.807) is 30.3 Å². The average Bonchev–Trinajstić information content (AvgIpc) is 3.24. The van der Waals surface area contributed by atoms with Gasteiger partial charge in [0, 0.05) is 5.69 Å². The van der Waals surface area contributed by atoms with Gasteiger partial charge in [-0.2, -0.15) is 0 Å². The molecule has 0 saturated carbocycles. The molecule has 3 rings (SSSR count). The van der Waals surface area contributed by atoms with Crippen LogP contribution in [0.25, 0.3) is 0 Å². The number of ether oxygens (including phenoxy) is 3. The van der Waals surface area contributed by atoms with Crippen molar-refractivity contribution in [1.82, 2.24) is 0 Å². The van der Waals surface area contributed by atoms with E-state index in [2.05, 4.69) is 5.32 Å². The number of hydrogen-bond donors (Lipinski definition) is 1. The maximum absolute atomic E-state index is 12.9. The van der Waals surface area contributed by atoms with E-state index in [0.29, 0.717) is 29.6 Å². The van der Waals surface area contributed by atoms with E-state index in [4.69, 9.17) is 18.6 Å². The Morgan fingerprint density at radius 3 is 2.29 bits per heavy atom. The molecule has 1 heterocycles. The second-order valence-electron chi connectivity index (χ2n) is 6.50. The lowest BCUT2D eigenvalue weighted by Gasteiger charge is -2.13. The minimum atomic E-state index is -1.04. The SMILES string of the molecule is CCOc1ccc(NC(=O)C(C)OC(=O)c2ccc(COc3ccc(F)cc3)o2)cc1. The van der Waals surface area contributed by atoms with Crippen LogP contribution in [0.5, 0.6) is 11.5 Å². The van der Waals surface area contributed by atoms with Crippen LogP contribution in [0, 0.1) is 5.82 Å². The van der Waals surface area contributed by atoms with Gasteiger partial charge in [0.2, 0.25) is 5.76 Å². The molecule has 162 valence electrons. The molecule has 2 aromatic carbocycles. The minimum absolute atomic E-state index is 0.0483. The van der Waals surface area contributed by atoms with Crippen molar-refractivity contribution in [3.05, 3.63) is 78.0 Å². The van der Waals surface area contributed by atoms with E-state index in [0.717, 1.165) is 0 Å². The summed E-state index contributed by atoms with van der Waals surface area (Å²) in [4.78, 5) is 24.5. The first-order valence-corrected chi connectivity index (χ1v) is 9.66. The molecule has 0 aliphatic carbocycles. The number of nitrogens with one attached hydrogen (secondary N) is 1. The molecule has 1 unspecified atom stereocenters. The number of furan rings is 1. The van der Waals surface area contributed by atoms with Crippen LogP contribution in [0.4, 0.5) is 10.1 Å². The lowest BCUT2D eigenvalue weighted by Crippen LogP contribution is -2.29. The van der Waals surface area contributed by atoms with E-state index in [1.165, 1.54) is 37.3 Å². The number of halogens is 1. The molecule has 8 heteroatoms. The Kier molecular flexibility index (Phi) is 7.26. The zero-order valence-electron chi connectivity index (χ0n) is 17.1. The summed E-state index contributed by atoms with van der Waals surface area (Å²) >= 11 is 0. The first-order chi connectivity index (χ1) is 14.9.